The number of hydrogen-bond acceptors (Lipinski definition) is 3. The van der Waals surface area contributed by atoms with Crippen molar-refractivity contribution in [3.63, 3.8) is 0 Å². The molecular weight excluding hydrogens is 328 g/mol. The molecule has 0 bridgehead atoms. The second kappa shape index (κ2) is 6.26. The van der Waals surface area contributed by atoms with Crippen LogP contribution in [0.2, 0.25) is 0 Å². The van der Waals surface area contributed by atoms with Gasteiger partial charge in [-0.25, -0.2) is 18.7 Å². The van der Waals surface area contributed by atoms with Crippen molar-refractivity contribution in [2.75, 3.05) is 5.73 Å². The van der Waals surface area contributed by atoms with Crippen LogP contribution in [0.15, 0.2) is 22.7 Å². The van der Waals surface area contributed by atoms with E-state index in [4.69, 9.17) is 5.73 Å². The Hall–Kier alpha value is -1.56. The molecule has 1 aromatic heterocycles. The number of hydrogen-bond donors (Lipinski definition) is 1. The van der Waals surface area contributed by atoms with E-state index in [1.165, 1.54) is 12.1 Å². The Morgan fingerprint density at radius 1 is 1.25 bits per heavy atom. The SMILES string of the molecule is CCCc1nc(Cc2ccc(F)cc2F)nc(N)c1Br. The molecule has 2 rings (SSSR count). The molecule has 6 heteroatoms. The average molecular weight is 342 g/mol. The van der Waals surface area contributed by atoms with Crippen LogP contribution < -0.4 is 5.73 Å². The summed E-state index contributed by atoms with van der Waals surface area (Å²) in [5, 5.41) is 0. The van der Waals surface area contributed by atoms with Gasteiger partial charge in [0.2, 0.25) is 0 Å². The Bertz CT molecular complexity index is 632. The monoisotopic (exact) mass is 341 g/mol. The number of halogens is 3. The number of nitrogen functional groups attached to an aromatic ring is 1. The first kappa shape index (κ1) is 14.8. The van der Waals surface area contributed by atoms with Gasteiger partial charge in [0.1, 0.15) is 23.3 Å². The summed E-state index contributed by atoms with van der Waals surface area (Å²) in [6, 6.07) is 3.46. The Morgan fingerprint density at radius 3 is 2.65 bits per heavy atom. The number of nitrogens with zero attached hydrogens (tertiary/aromatic N) is 2. The molecule has 0 saturated carbocycles. The highest BCUT2D eigenvalue weighted by Crippen LogP contribution is 2.23. The molecular formula is C14H14BrF2N3. The van der Waals surface area contributed by atoms with E-state index in [1.807, 2.05) is 6.92 Å². The van der Waals surface area contributed by atoms with E-state index in [9.17, 15) is 8.78 Å². The summed E-state index contributed by atoms with van der Waals surface area (Å²) in [6.07, 6.45) is 1.85. The fourth-order valence-electron chi connectivity index (χ4n) is 1.88. The first-order valence-electron chi connectivity index (χ1n) is 6.26. The number of benzene rings is 1. The van der Waals surface area contributed by atoms with Crippen LogP contribution in [0.4, 0.5) is 14.6 Å². The number of aromatic nitrogens is 2. The number of rotatable bonds is 4. The van der Waals surface area contributed by atoms with E-state index >= 15 is 0 Å². The third kappa shape index (κ3) is 3.30. The average Bonchev–Trinajstić information content (AvgIpc) is 2.39. The molecule has 106 valence electrons. The minimum atomic E-state index is -0.605. The van der Waals surface area contributed by atoms with Crippen LogP contribution in [0.3, 0.4) is 0 Å². The second-order valence-corrected chi connectivity index (χ2v) is 5.24. The lowest BCUT2D eigenvalue weighted by Gasteiger charge is -2.09. The molecule has 0 aliphatic heterocycles. The van der Waals surface area contributed by atoms with Crippen molar-refractivity contribution in [2.45, 2.75) is 26.2 Å². The summed E-state index contributed by atoms with van der Waals surface area (Å²) < 4.78 is 27.2. The Kier molecular flexibility index (Phi) is 4.65. The summed E-state index contributed by atoms with van der Waals surface area (Å²) in [5.41, 5.74) is 6.96. The van der Waals surface area contributed by atoms with Crippen molar-refractivity contribution < 1.29 is 8.78 Å². The molecule has 0 aliphatic carbocycles. The molecule has 0 spiro atoms. The molecule has 0 amide bonds. The molecule has 1 heterocycles. The van der Waals surface area contributed by atoms with Gasteiger partial charge in [-0.1, -0.05) is 19.4 Å². The zero-order chi connectivity index (χ0) is 14.7. The lowest BCUT2D eigenvalue weighted by atomic mass is 10.1. The minimum Gasteiger partial charge on any atom is -0.383 e. The molecule has 0 fully saturated rings. The predicted molar refractivity (Wildman–Crippen MR) is 77.3 cm³/mol. The smallest absolute Gasteiger partial charge is 0.141 e. The van der Waals surface area contributed by atoms with Gasteiger partial charge in [-0.2, -0.15) is 0 Å². The Labute approximate surface area is 124 Å². The van der Waals surface area contributed by atoms with Crippen molar-refractivity contribution in [3.8, 4) is 0 Å². The lowest BCUT2D eigenvalue weighted by molar-refractivity contribution is 0.573. The summed E-state index contributed by atoms with van der Waals surface area (Å²) in [4.78, 5) is 8.52. The summed E-state index contributed by atoms with van der Waals surface area (Å²) in [6.45, 7) is 2.03. The zero-order valence-electron chi connectivity index (χ0n) is 11.0. The van der Waals surface area contributed by atoms with Crippen LogP contribution in [-0.2, 0) is 12.8 Å². The van der Waals surface area contributed by atoms with E-state index in [0.717, 1.165) is 24.6 Å². The maximum absolute atomic E-state index is 13.6. The zero-order valence-corrected chi connectivity index (χ0v) is 12.5. The molecule has 20 heavy (non-hydrogen) atoms. The highest BCUT2D eigenvalue weighted by molar-refractivity contribution is 9.10. The van der Waals surface area contributed by atoms with Crippen LogP contribution in [0.25, 0.3) is 0 Å². The number of nitrogens with two attached hydrogens (primary N) is 1. The summed E-state index contributed by atoms with van der Waals surface area (Å²) in [5.74, 6) is -0.443. The molecule has 3 nitrogen and oxygen atoms in total. The maximum atomic E-state index is 13.6. The van der Waals surface area contributed by atoms with Crippen LogP contribution >= 0.6 is 15.9 Å². The Morgan fingerprint density at radius 2 is 2.00 bits per heavy atom. The van der Waals surface area contributed by atoms with Crippen LogP contribution in [0.1, 0.15) is 30.4 Å². The van der Waals surface area contributed by atoms with E-state index in [0.29, 0.717) is 21.7 Å². The minimum absolute atomic E-state index is 0.181. The van der Waals surface area contributed by atoms with Gasteiger partial charge in [0.05, 0.1) is 10.2 Å². The highest BCUT2D eigenvalue weighted by Gasteiger charge is 2.12. The Balaban J connectivity index is 2.33. The largest absolute Gasteiger partial charge is 0.383 e. The standard InChI is InChI=1S/C14H14BrF2N3/c1-2-3-11-13(15)14(18)20-12(19-11)6-8-4-5-9(16)7-10(8)17/h4-5,7H,2-3,6H2,1H3,(H2,18,19,20). The normalized spacial score (nSPS) is 10.8. The molecule has 2 N–H and O–H groups in total. The molecule has 0 atom stereocenters. The topological polar surface area (TPSA) is 51.8 Å². The van der Waals surface area contributed by atoms with Crippen molar-refractivity contribution in [3.05, 3.63) is 51.4 Å². The van der Waals surface area contributed by atoms with E-state index in [-0.39, 0.29) is 6.42 Å². The van der Waals surface area contributed by atoms with Gasteiger partial charge in [0, 0.05) is 12.5 Å². The van der Waals surface area contributed by atoms with Crippen LogP contribution in [0, 0.1) is 11.6 Å². The van der Waals surface area contributed by atoms with Crippen LogP contribution in [-0.4, -0.2) is 9.97 Å². The molecule has 0 aliphatic rings. The summed E-state index contributed by atoms with van der Waals surface area (Å²) >= 11 is 3.35. The van der Waals surface area contributed by atoms with E-state index < -0.39 is 11.6 Å². The van der Waals surface area contributed by atoms with Gasteiger partial charge in [-0.05, 0) is 34.0 Å². The molecule has 0 unspecified atom stereocenters. The third-order valence-corrected chi connectivity index (χ3v) is 3.71. The lowest BCUT2D eigenvalue weighted by Crippen LogP contribution is -2.07. The van der Waals surface area contributed by atoms with Gasteiger partial charge < -0.3 is 5.73 Å². The van der Waals surface area contributed by atoms with Gasteiger partial charge in [0.15, 0.2) is 0 Å². The fourth-order valence-corrected chi connectivity index (χ4v) is 2.26. The van der Waals surface area contributed by atoms with E-state index in [1.54, 1.807) is 0 Å². The fraction of sp³-hybridized carbons (Fsp3) is 0.286. The van der Waals surface area contributed by atoms with Crippen molar-refractivity contribution in [2.24, 2.45) is 0 Å². The van der Waals surface area contributed by atoms with Crippen molar-refractivity contribution in [1.82, 2.24) is 9.97 Å². The van der Waals surface area contributed by atoms with Crippen LogP contribution in [0.5, 0.6) is 0 Å². The maximum Gasteiger partial charge on any atom is 0.141 e. The van der Waals surface area contributed by atoms with Gasteiger partial charge >= 0.3 is 0 Å². The van der Waals surface area contributed by atoms with Gasteiger partial charge in [-0.15, -0.1) is 0 Å². The third-order valence-electron chi connectivity index (χ3n) is 2.84. The van der Waals surface area contributed by atoms with Crippen molar-refractivity contribution in [1.29, 1.82) is 0 Å². The molecule has 1 aromatic carbocycles. The number of aryl methyl sites for hydroxylation is 1. The predicted octanol–water partition coefficient (Wildman–Crippen LogP) is 3.64. The quantitative estimate of drug-likeness (QED) is 0.923. The highest BCUT2D eigenvalue weighted by atomic mass is 79.9. The van der Waals surface area contributed by atoms with E-state index in [2.05, 4.69) is 25.9 Å². The molecule has 0 saturated heterocycles. The first-order chi connectivity index (χ1) is 9.51. The van der Waals surface area contributed by atoms with Crippen molar-refractivity contribution >= 4 is 21.7 Å². The molecule has 0 radical (unpaired) electrons. The summed E-state index contributed by atoms with van der Waals surface area (Å²) in [7, 11) is 0. The first-order valence-corrected chi connectivity index (χ1v) is 7.05. The second-order valence-electron chi connectivity index (χ2n) is 4.45. The molecule has 2 aromatic rings. The number of anilines is 1. The van der Waals surface area contributed by atoms with Gasteiger partial charge in [-0.3, -0.25) is 0 Å². The van der Waals surface area contributed by atoms with Gasteiger partial charge in [0.25, 0.3) is 0 Å².